The van der Waals surface area contributed by atoms with Gasteiger partial charge in [-0.2, -0.15) is 0 Å². The third-order valence-electron chi connectivity index (χ3n) is 3.56. The van der Waals surface area contributed by atoms with Gasteiger partial charge >= 0.3 is 0 Å². The van der Waals surface area contributed by atoms with E-state index in [1.165, 1.54) is 0 Å². The lowest BCUT2D eigenvalue weighted by Crippen LogP contribution is -2.43. The minimum absolute atomic E-state index is 0. The molecule has 0 aromatic rings. The number of sulfonamides is 1. The fourth-order valence-electron chi connectivity index (χ4n) is 2.36. The maximum Gasteiger partial charge on any atom is 0.236 e. The Bertz CT molecular complexity index is 395. The first kappa shape index (κ1) is 20.6. The van der Waals surface area contributed by atoms with Crippen LogP contribution in [0, 0.1) is 5.92 Å². The Morgan fingerprint density at radius 3 is 2.33 bits per heavy atom. The zero-order valence-electron chi connectivity index (χ0n) is 12.9. The molecule has 0 spiro atoms. The summed E-state index contributed by atoms with van der Waals surface area (Å²) in [6.07, 6.45) is 3.81. The minimum atomic E-state index is -3.52. The Labute approximate surface area is 134 Å². The average Bonchev–Trinajstić information content (AvgIpc) is 2.36. The number of hydrogen-bond acceptors (Lipinski definition) is 4. The summed E-state index contributed by atoms with van der Waals surface area (Å²) in [5.41, 5.74) is 0. The molecule has 0 saturated heterocycles. The summed E-state index contributed by atoms with van der Waals surface area (Å²) in [6, 6.07) is -0.00856. The highest BCUT2D eigenvalue weighted by atomic mass is 35.5. The van der Waals surface area contributed by atoms with Crippen LogP contribution in [0.5, 0.6) is 0 Å². The highest BCUT2D eigenvalue weighted by Crippen LogP contribution is 2.23. The molecular formula is C13H28ClN3O3S. The number of amides is 1. The molecule has 0 aliphatic heterocycles. The predicted octanol–water partition coefficient (Wildman–Crippen LogP) is 0.632. The highest BCUT2D eigenvalue weighted by Gasteiger charge is 2.24. The molecule has 1 fully saturated rings. The fraction of sp³-hybridized carbons (Fsp3) is 0.923. The van der Waals surface area contributed by atoms with Gasteiger partial charge in [0.2, 0.25) is 15.9 Å². The first-order chi connectivity index (χ1) is 9.43. The lowest BCUT2D eigenvalue weighted by Gasteiger charge is -2.26. The summed E-state index contributed by atoms with van der Waals surface area (Å²) in [5, 5.41) is 5.65. The maximum atomic E-state index is 11.9. The molecule has 1 rings (SSSR count). The minimum Gasteiger partial charge on any atom is -0.354 e. The van der Waals surface area contributed by atoms with Crippen LogP contribution in [0.25, 0.3) is 0 Å². The number of likely N-dealkylation sites (N-methyl/N-ethyl adjacent to an activating group) is 1. The number of halogens is 1. The van der Waals surface area contributed by atoms with Crippen LogP contribution in [0.15, 0.2) is 0 Å². The number of hydrogen-bond donors (Lipinski definition) is 3. The van der Waals surface area contributed by atoms with E-state index in [0.29, 0.717) is 19.0 Å². The smallest absolute Gasteiger partial charge is 0.236 e. The number of rotatable bonds is 8. The average molecular weight is 342 g/mol. The SMILES string of the molecule is CCNCCNC(=O)CS(=O)(=O)NC1CCC(C)CC1.Cl. The standard InChI is InChI=1S/C13H27N3O3S.ClH/c1-3-14-8-9-15-13(17)10-20(18,19)16-12-6-4-11(2)5-7-12;/h11-12,14,16H,3-10H2,1-2H3,(H,15,17);1H. The van der Waals surface area contributed by atoms with Gasteiger partial charge in [0.05, 0.1) is 0 Å². The van der Waals surface area contributed by atoms with Crippen LogP contribution in [0.2, 0.25) is 0 Å². The van der Waals surface area contributed by atoms with Crippen molar-refractivity contribution in [3.8, 4) is 0 Å². The summed E-state index contributed by atoms with van der Waals surface area (Å²) in [5.74, 6) is -0.254. The second-order valence-electron chi connectivity index (χ2n) is 5.54. The quantitative estimate of drug-likeness (QED) is 0.565. The number of carbonyl (C=O) groups is 1. The molecule has 0 unspecified atom stereocenters. The lowest BCUT2D eigenvalue weighted by molar-refractivity contribution is -0.118. The van der Waals surface area contributed by atoms with Gasteiger partial charge in [-0.3, -0.25) is 4.79 Å². The van der Waals surface area contributed by atoms with Gasteiger partial charge in [-0.05, 0) is 38.1 Å². The Morgan fingerprint density at radius 2 is 1.76 bits per heavy atom. The highest BCUT2D eigenvalue weighted by molar-refractivity contribution is 7.90. The predicted molar refractivity (Wildman–Crippen MR) is 87.1 cm³/mol. The van der Waals surface area contributed by atoms with E-state index < -0.39 is 21.7 Å². The monoisotopic (exact) mass is 341 g/mol. The van der Waals surface area contributed by atoms with Crippen molar-refractivity contribution in [1.82, 2.24) is 15.4 Å². The first-order valence-corrected chi connectivity index (χ1v) is 9.05. The van der Waals surface area contributed by atoms with E-state index >= 15 is 0 Å². The molecule has 0 aromatic heterocycles. The third-order valence-corrected chi connectivity index (χ3v) is 4.89. The van der Waals surface area contributed by atoms with Gasteiger partial charge in [0.15, 0.2) is 0 Å². The summed E-state index contributed by atoms with van der Waals surface area (Å²) in [7, 11) is -3.52. The first-order valence-electron chi connectivity index (χ1n) is 7.40. The van der Waals surface area contributed by atoms with Crippen molar-refractivity contribution in [1.29, 1.82) is 0 Å². The molecule has 1 amide bonds. The second kappa shape index (κ2) is 10.4. The molecule has 21 heavy (non-hydrogen) atoms. The molecule has 1 aliphatic carbocycles. The van der Waals surface area contributed by atoms with Crippen LogP contribution in [0.1, 0.15) is 39.5 Å². The molecule has 0 bridgehead atoms. The Morgan fingerprint density at radius 1 is 1.14 bits per heavy atom. The number of nitrogens with one attached hydrogen (secondary N) is 3. The topological polar surface area (TPSA) is 87.3 Å². The Kier molecular flexibility index (Phi) is 10.2. The molecule has 1 aliphatic rings. The van der Waals surface area contributed by atoms with E-state index in [9.17, 15) is 13.2 Å². The van der Waals surface area contributed by atoms with Gasteiger partial charge in [-0.15, -0.1) is 12.4 Å². The van der Waals surface area contributed by atoms with Gasteiger partial charge in [0.1, 0.15) is 5.75 Å². The molecule has 0 atom stereocenters. The fourth-order valence-corrected chi connectivity index (χ4v) is 3.64. The van der Waals surface area contributed by atoms with Crippen LogP contribution in [0.4, 0.5) is 0 Å². The molecule has 8 heteroatoms. The number of carbonyl (C=O) groups excluding carboxylic acids is 1. The van der Waals surface area contributed by atoms with Gasteiger partial charge in [-0.25, -0.2) is 13.1 Å². The third kappa shape index (κ3) is 9.29. The molecule has 3 N–H and O–H groups in total. The molecule has 126 valence electrons. The van der Waals surface area contributed by atoms with E-state index in [0.717, 1.165) is 32.2 Å². The van der Waals surface area contributed by atoms with Crippen LogP contribution in [-0.2, 0) is 14.8 Å². The van der Waals surface area contributed by atoms with E-state index in [-0.39, 0.29) is 18.4 Å². The van der Waals surface area contributed by atoms with Crippen molar-refractivity contribution in [2.75, 3.05) is 25.4 Å². The Balaban J connectivity index is 0.00000400. The lowest BCUT2D eigenvalue weighted by atomic mass is 9.88. The van der Waals surface area contributed by atoms with Crippen molar-refractivity contribution in [3.63, 3.8) is 0 Å². The van der Waals surface area contributed by atoms with Gasteiger partial charge in [-0.1, -0.05) is 13.8 Å². The van der Waals surface area contributed by atoms with Crippen LogP contribution in [0.3, 0.4) is 0 Å². The summed E-state index contributed by atoms with van der Waals surface area (Å²) in [6.45, 7) is 6.08. The molecule has 0 radical (unpaired) electrons. The zero-order valence-corrected chi connectivity index (χ0v) is 14.5. The maximum absolute atomic E-state index is 11.9. The largest absolute Gasteiger partial charge is 0.354 e. The molecular weight excluding hydrogens is 314 g/mol. The van der Waals surface area contributed by atoms with Crippen LogP contribution < -0.4 is 15.4 Å². The van der Waals surface area contributed by atoms with E-state index in [1.807, 2.05) is 6.92 Å². The van der Waals surface area contributed by atoms with Crippen molar-refractivity contribution >= 4 is 28.3 Å². The zero-order chi connectivity index (χ0) is 15.0. The van der Waals surface area contributed by atoms with Crippen LogP contribution >= 0.6 is 12.4 Å². The van der Waals surface area contributed by atoms with Crippen LogP contribution in [-0.4, -0.2) is 45.8 Å². The summed E-state index contributed by atoms with van der Waals surface area (Å²) < 4.78 is 26.4. The van der Waals surface area contributed by atoms with Crippen molar-refractivity contribution in [2.45, 2.75) is 45.6 Å². The van der Waals surface area contributed by atoms with E-state index in [2.05, 4.69) is 22.3 Å². The van der Waals surface area contributed by atoms with E-state index in [1.54, 1.807) is 0 Å². The van der Waals surface area contributed by atoms with Crippen molar-refractivity contribution < 1.29 is 13.2 Å². The normalized spacial score (nSPS) is 22.4. The van der Waals surface area contributed by atoms with Crippen molar-refractivity contribution in [2.24, 2.45) is 5.92 Å². The Hall–Kier alpha value is -0.370. The van der Waals surface area contributed by atoms with Gasteiger partial charge in [0.25, 0.3) is 0 Å². The molecule has 0 aromatic carbocycles. The van der Waals surface area contributed by atoms with Crippen molar-refractivity contribution in [3.05, 3.63) is 0 Å². The molecule has 0 heterocycles. The van der Waals surface area contributed by atoms with Gasteiger partial charge in [0, 0.05) is 19.1 Å². The van der Waals surface area contributed by atoms with E-state index in [4.69, 9.17) is 0 Å². The summed E-state index contributed by atoms with van der Waals surface area (Å²) >= 11 is 0. The molecule has 1 saturated carbocycles. The molecule has 6 nitrogen and oxygen atoms in total. The van der Waals surface area contributed by atoms with Gasteiger partial charge < -0.3 is 10.6 Å². The second-order valence-corrected chi connectivity index (χ2v) is 7.29. The summed E-state index contributed by atoms with van der Waals surface area (Å²) in [4.78, 5) is 11.6.